The van der Waals surface area contributed by atoms with E-state index in [2.05, 4.69) is 10.3 Å². The topological polar surface area (TPSA) is 54.5 Å². The summed E-state index contributed by atoms with van der Waals surface area (Å²) in [5.41, 5.74) is -1.49. The molecule has 1 saturated heterocycles. The average Bonchev–Trinajstić information content (AvgIpc) is 2.86. The third-order valence-electron chi connectivity index (χ3n) is 3.35. The van der Waals surface area contributed by atoms with Crippen molar-refractivity contribution in [1.29, 1.82) is 0 Å². The first kappa shape index (κ1) is 18.6. The van der Waals surface area contributed by atoms with Crippen molar-refractivity contribution in [3.05, 3.63) is 22.8 Å². The summed E-state index contributed by atoms with van der Waals surface area (Å²) < 4.78 is 43.1. The van der Waals surface area contributed by atoms with Gasteiger partial charge in [-0.2, -0.15) is 13.2 Å². The predicted octanol–water partition coefficient (Wildman–Crippen LogP) is 4.18. The first-order chi connectivity index (χ1) is 11.0. The minimum atomic E-state index is -4.49. The van der Waals surface area contributed by atoms with Crippen molar-refractivity contribution in [2.75, 3.05) is 18.4 Å². The van der Waals surface area contributed by atoms with Crippen LogP contribution in [0.3, 0.4) is 0 Å². The quantitative estimate of drug-likeness (QED) is 0.854. The van der Waals surface area contributed by atoms with Crippen LogP contribution in [-0.2, 0) is 10.9 Å². The zero-order valence-electron chi connectivity index (χ0n) is 13.6. The van der Waals surface area contributed by atoms with E-state index in [1.165, 1.54) is 0 Å². The minimum Gasteiger partial charge on any atom is -0.444 e. The Balaban J connectivity index is 1.97. The fourth-order valence-electron chi connectivity index (χ4n) is 2.26. The number of pyridine rings is 1. The average molecular weight is 366 g/mol. The van der Waals surface area contributed by atoms with E-state index in [1.807, 2.05) is 0 Å². The van der Waals surface area contributed by atoms with Crippen LogP contribution in [0.5, 0.6) is 0 Å². The van der Waals surface area contributed by atoms with E-state index in [-0.39, 0.29) is 16.9 Å². The first-order valence-electron chi connectivity index (χ1n) is 7.43. The molecule has 134 valence electrons. The van der Waals surface area contributed by atoms with Crippen LogP contribution < -0.4 is 5.32 Å². The van der Waals surface area contributed by atoms with E-state index in [9.17, 15) is 18.0 Å². The zero-order valence-corrected chi connectivity index (χ0v) is 14.3. The summed E-state index contributed by atoms with van der Waals surface area (Å²) in [4.78, 5) is 17.3. The number of alkyl halides is 3. The Morgan fingerprint density at radius 3 is 2.62 bits per heavy atom. The van der Waals surface area contributed by atoms with Gasteiger partial charge in [-0.05, 0) is 33.3 Å². The third kappa shape index (κ3) is 4.90. The molecule has 1 aromatic heterocycles. The number of amides is 1. The van der Waals surface area contributed by atoms with Crippen molar-refractivity contribution in [3.8, 4) is 0 Å². The largest absolute Gasteiger partial charge is 0.444 e. The molecule has 0 aromatic carbocycles. The van der Waals surface area contributed by atoms with Crippen molar-refractivity contribution in [1.82, 2.24) is 9.88 Å². The van der Waals surface area contributed by atoms with Crippen LogP contribution in [0.1, 0.15) is 32.8 Å². The number of ether oxygens (including phenoxy) is 1. The fourth-order valence-corrected chi connectivity index (χ4v) is 2.48. The van der Waals surface area contributed by atoms with E-state index in [4.69, 9.17) is 16.3 Å². The SMILES string of the molecule is CC(C)(C)OC(=O)N1CC[C@@H](Nc2ncc(C(F)(F)F)cc2Cl)C1. The van der Waals surface area contributed by atoms with Gasteiger partial charge in [0.1, 0.15) is 11.4 Å². The molecular weight excluding hydrogens is 347 g/mol. The molecule has 24 heavy (non-hydrogen) atoms. The Hall–Kier alpha value is -1.70. The third-order valence-corrected chi connectivity index (χ3v) is 3.64. The number of halogens is 4. The van der Waals surface area contributed by atoms with E-state index in [0.717, 1.165) is 12.3 Å². The molecule has 0 aliphatic carbocycles. The Morgan fingerprint density at radius 1 is 1.42 bits per heavy atom. The van der Waals surface area contributed by atoms with Crippen LogP contribution in [0.15, 0.2) is 12.3 Å². The van der Waals surface area contributed by atoms with Crippen LogP contribution in [-0.4, -0.2) is 40.7 Å². The summed E-state index contributed by atoms with van der Waals surface area (Å²) in [5, 5.41) is 2.87. The van der Waals surface area contributed by atoms with E-state index in [1.54, 1.807) is 25.7 Å². The van der Waals surface area contributed by atoms with Gasteiger partial charge in [-0.1, -0.05) is 11.6 Å². The first-order valence-corrected chi connectivity index (χ1v) is 7.81. The molecule has 1 aromatic rings. The standard InChI is InChI=1S/C15H19ClF3N3O2/c1-14(2,3)24-13(23)22-5-4-10(8-22)21-12-11(16)6-9(7-20-12)15(17,18)19/h6-7,10H,4-5,8H2,1-3H3,(H,20,21)/t10-/m1/s1. The Labute approximate surface area is 143 Å². The summed E-state index contributed by atoms with van der Waals surface area (Å²) >= 11 is 5.87. The fraction of sp³-hybridized carbons (Fsp3) is 0.600. The zero-order chi connectivity index (χ0) is 18.1. The molecule has 1 amide bonds. The number of nitrogens with one attached hydrogen (secondary N) is 1. The lowest BCUT2D eigenvalue weighted by molar-refractivity contribution is -0.137. The molecule has 0 saturated carbocycles. The van der Waals surface area contributed by atoms with Crippen molar-refractivity contribution >= 4 is 23.5 Å². The van der Waals surface area contributed by atoms with Gasteiger partial charge in [0, 0.05) is 25.3 Å². The number of carbonyl (C=O) groups excluding carboxylic acids is 1. The predicted molar refractivity (Wildman–Crippen MR) is 84.1 cm³/mol. The van der Waals surface area contributed by atoms with Crippen LogP contribution in [0.2, 0.25) is 5.02 Å². The molecule has 1 aliphatic heterocycles. The number of carbonyl (C=O) groups is 1. The maximum absolute atomic E-state index is 12.6. The molecule has 0 spiro atoms. The summed E-state index contributed by atoms with van der Waals surface area (Å²) in [6.45, 7) is 6.20. The van der Waals surface area contributed by atoms with Crippen LogP contribution in [0, 0.1) is 0 Å². The molecule has 2 rings (SSSR count). The highest BCUT2D eigenvalue weighted by Gasteiger charge is 2.33. The molecule has 5 nitrogen and oxygen atoms in total. The second kappa shape index (κ2) is 6.66. The van der Waals surface area contributed by atoms with Gasteiger partial charge in [0.05, 0.1) is 10.6 Å². The van der Waals surface area contributed by atoms with Crippen LogP contribution in [0.4, 0.5) is 23.8 Å². The molecule has 1 atom stereocenters. The molecule has 1 fully saturated rings. The normalized spacial score (nSPS) is 18.6. The summed E-state index contributed by atoms with van der Waals surface area (Å²) in [7, 11) is 0. The van der Waals surface area contributed by atoms with E-state index >= 15 is 0 Å². The lowest BCUT2D eigenvalue weighted by Gasteiger charge is -2.24. The number of aromatic nitrogens is 1. The molecule has 0 bridgehead atoms. The highest BCUT2D eigenvalue weighted by Crippen LogP contribution is 2.32. The maximum Gasteiger partial charge on any atom is 0.417 e. The highest BCUT2D eigenvalue weighted by atomic mass is 35.5. The smallest absolute Gasteiger partial charge is 0.417 e. The van der Waals surface area contributed by atoms with Crippen molar-refractivity contribution in [2.24, 2.45) is 0 Å². The van der Waals surface area contributed by atoms with Crippen LogP contribution >= 0.6 is 11.6 Å². The molecule has 0 radical (unpaired) electrons. The number of anilines is 1. The summed E-state index contributed by atoms with van der Waals surface area (Å²) in [6.07, 6.45) is -3.55. The number of likely N-dealkylation sites (tertiary alicyclic amines) is 1. The van der Waals surface area contributed by atoms with Gasteiger partial charge in [-0.15, -0.1) is 0 Å². The van der Waals surface area contributed by atoms with Gasteiger partial charge in [0.15, 0.2) is 0 Å². The molecule has 1 aliphatic rings. The second-order valence-electron chi connectivity index (χ2n) is 6.61. The van der Waals surface area contributed by atoms with Gasteiger partial charge < -0.3 is 15.0 Å². The van der Waals surface area contributed by atoms with Crippen molar-refractivity contribution in [3.63, 3.8) is 0 Å². The monoisotopic (exact) mass is 365 g/mol. The molecule has 2 heterocycles. The van der Waals surface area contributed by atoms with Crippen LogP contribution in [0.25, 0.3) is 0 Å². The number of nitrogens with zero attached hydrogens (tertiary/aromatic N) is 2. The molecule has 0 unspecified atom stereocenters. The highest BCUT2D eigenvalue weighted by molar-refractivity contribution is 6.33. The Morgan fingerprint density at radius 2 is 2.08 bits per heavy atom. The Bertz CT molecular complexity index is 617. The van der Waals surface area contributed by atoms with E-state index in [0.29, 0.717) is 19.5 Å². The molecule has 9 heteroatoms. The number of hydrogen-bond donors (Lipinski definition) is 1. The Kier molecular flexibility index (Phi) is 5.17. The van der Waals surface area contributed by atoms with Gasteiger partial charge in [-0.25, -0.2) is 9.78 Å². The van der Waals surface area contributed by atoms with Gasteiger partial charge >= 0.3 is 12.3 Å². The molecular formula is C15H19ClF3N3O2. The lowest BCUT2D eigenvalue weighted by atomic mass is 10.2. The summed E-state index contributed by atoms with van der Waals surface area (Å²) in [6, 6.07) is 0.677. The van der Waals surface area contributed by atoms with Crippen molar-refractivity contribution in [2.45, 2.75) is 45.0 Å². The minimum absolute atomic E-state index is 0.111. The van der Waals surface area contributed by atoms with Crippen molar-refractivity contribution < 1.29 is 22.7 Å². The van der Waals surface area contributed by atoms with Gasteiger partial charge in [0.25, 0.3) is 0 Å². The second-order valence-corrected chi connectivity index (χ2v) is 7.02. The number of hydrogen-bond acceptors (Lipinski definition) is 4. The summed E-state index contributed by atoms with van der Waals surface area (Å²) in [5.74, 6) is 0.167. The van der Waals surface area contributed by atoms with Gasteiger partial charge in [-0.3, -0.25) is 0 Å². The van der Waals surface area contributed by atoms with E-state index < -0.39 is 23.4 Å². The molecule has 1 N–H and O–H groups in total. The maximum atomic E-state index is 12.6. The lowest BCUT2D eigenvalue weighted by Crippen LogP contribution is -2.36. The van der Waals surface area contributed by atoms with Gasteiger partial charge in [0.2, 0.25) is 0 Å². The number of rotatable bonds is 2.